The van der Waals surface area contributed by atoms with Crippen LogP contribution in [0.2, 0.25) is 0 Å². The number of aliphatic imine (C=N–C) groups is 1. The Labute approximate surface area is 189 Å². The maximum absolute atomic E-state index is 13.7. The molecule has 160 valence electrons. The van der Waals surface area contributed by atoms with Gasteiger partial charge in [0.05, 0.1) is 25.4 Å². The average molecular weight is 515 g/mol. The van der Waals surface area contributed by atoms with E-state index in [2.05, 4.69) is 15.6 Å². The summed E-state index contributed by atoms with van der Waals surface area (Å²) in [5.41, 5.74) is 1.73. The molecule has 2 aromatic carbocycles. The summed E-state index contributed by atoms with van der Waals surface area (Å²) in [6.45, 7) is 5.59. The zero-order valence-electron chi connectivity index (χ0n) is 17.0. The van der Waals surface area contributed by atoms with Crippen molar-refractivity contribution in [2.45, 2.75) is 32.5 Å². The van der Waals surface area contributed by atoms with Crippen LogP contribution in [0.1, 0.15) is 31.1 Å². The van der Waals surface area contributed by atoms with Crippen molar-refractivity contribution in [1.82, 2.24) is 10.6 Å². The van der Waals surface area contributed by atoms with Gasteiger partial charge in [-0.2, -0.15) is 0 Å². The van der Waals surface area contributed by atoms with E-state index in [9.17, 15) is 9.50 Å². The van der Waals surface area contributed by atoms with E-state index in [0.717, 1.165) is 5.56 Å². The molecule has 5 nitrogen and oxygen atoms in total. The summed E-state index contributed by atoms with van der Waals surface area (Å²) < 4.78 is 19.4. The number of nitrogens with one attached hydrogen (secondary N) is 2. The minimum Gasteiger partial charge on any atom is -0.389 e. The Morgan fingerprint density at radius 1 is 1.10 bits per heavy atom. The van der Waals surface area contributed by atoms with Crippen LogP contribution in [0.15, 0.2) is 59.6 Å². The van der Waals surface area contributed by atoms with Gasteiger partial charge in [0.15, 0.2) is 5.96 Å². The SMILES string of the molecule is CCNC(=NCC(O)COC(C)c1ccccc1)NCCc1ccccc1F.I. The molecule has 0 spiro atoms. The number of benzene rings is 2. The van der Waals surface area contributed by atoms with Crippen molar-refractivity contribution in [3.63, 3.8) is 0 Å². The number of ether oxygens (including phenoxy) is 1. The van der Waals surface area contributed by atoms with Gasteiger partial charge in [-0.05, 0) is 37.5 Å². The van der Waals surface area contributed by atoms with E-state index in [0.29, 0.717) is 31.0 Å². The fourth-order valence-corrected chi connectivity index (χ4v) is 2.68. The molecule has 0 saturated heterocycles. The average Bonchev–Trinajstić information content (AvgIpc) is 2.72. The summed E-state index contributed by atoms with van der Waals surface area (Å²) >= 11 is 0. The normalized spacial score (nSPS) is 13.3. The lowest BCUT2D eigenvalue weighted by Crippen LogP contribution is -2.39. The van der Waals surface area contributed by atoms with Gasteiger partial charge in [-0.1, -0.05) is 48.5 Å². The Bertz CT molecular complexity index is 731. The molecule has 0 aliphatic carbocycles. The summed E-state index contributed by atoms with van der Waals surface area (Å²) in [6.07, 6.45) is -0.239. The third-order valence-electron chi connectivity index (χ3n) is 4.26. The molecule has 0 aliphatic rings. The second kappa shape index (κ2) is 14.3. The van der Waals surface area contributed by atoms with E-state index < -0.39 is 6.10 Å². The number of aliphatic hydroxyl groups is 1. The monoisotopic (exact) mass is 515 g/mol. The molecule has 2 unspecified atom stereocenters. The zero-order chi connectivity index (χ0) is 20.2. The van der Waals surface area contributed by atoms with Gasteiger partial charge < -0.3 is 20.5 Å². The first-order valence-corrected chi connectivity index (χ1v) is 9.70. The highest BCUT2D eigenvalue weighted by Crippen LogP contribution is 2.15. The molecular weight excluding hydrogens is 484 g/mol. The van der Waals surface area contributed by atoms with Crippen molar-refractivity contribution in [1.29, 1.82) is 0 Å². The predicted octanol–water partition coefficient (Wildman–Crippen LogP) is 3.68. The molecule has 2 rings (SSSR count). The maximum Gasteiger partial charge on any atom is 0.191 e. The minimum atomic E-state index is -0.701. The van der Waals surface area contributed by atoms with E-state index >= 15 is 0 Å². The van der Waals surface area contributed by atoms with Gasteiger partial charge in [-0.15, -0.1) is 24.0 Å². The smallest absolute Gasteiger partial charge is 0.191 e. The third kappa shape index (κ3) is 9.56. The molecule has 7 heteroatoms. The van der Waals surface area contributed by atoms with Gasteiger partial charge in [0.25, 0.3) is 0 Å². The lowest BCUT2D eigenvalue weighted by Gasteiger charge is -2.17. The number of hydrogen-bond acceptors (Lipinski definition) is 3. The summed E-state index contributed by atoms with van der Waals surface area (Å²) in [6, 6.07) is 16.6. The lowest BCUT2D eigenvalue weighted by molar-refractivity contribution is 0.00111. The molecule has 2 atom stereocenters. The molecular formula is C22H31FIN3O2. The molecule has 2 aromatic rings. The van der Waals surface area contributed by atoms with Crippen LogP contribution in [0.3, 0.4) is 0 Å². The van der Waals surface area contributed by atoms with E-state index in [1.165, 1.54) is 6.07 Å². The quantitative estimate of drug-likeness (QED) is 0.257. The number of guanidine groups is 1. The van der Waals surface area contributed by atoms with E-state index in [1.54, 1.807) is 12.1 Å². The fraction of sp³-hybridized carbons (Fsp3) is 0.409. The van der Waals surface area contributed by atoms with Gasteiger partial charge >= 0.3 is 0 Å². The van der Waals surface area contributed by atoms with Crippen molar-refractivity contribution in [3.05, 3.63) is 71.5 Å². The lowest BCUT2D eigenvalue weighted by atomic mass is 10.1. The topological polar surface area (TPSA) is 65.9 Å². The highest BCUT2D eigenvalue weighted by molar-refractivity contribution is 14.0. The van der Waals surface area contributed by atoms with E-state index in [1.807, 2.05) is 50.2 Å². The molecule has 0 heterocycles. The molecule has 0 saturated carbocycles. The largest absolute Gasteiger partial charge is 0.389 e. The Morgan fingerprint density at radius 3 is 2.48 bits per heavy atom. The number of nitrogens with zero attached hydrogens (tertiary/aromatic N) is 1. The number of aliphatic hydroxyl groups excluding tert-OH is 1. The maximum atomic E-state index is 13.7. The number of halogens is 2. The van der Waals surface area contributed by atoms with Crippen LogP contribution in [0.4, 0.5) is 4.39 Å². The summed E-state index contributed by atoms with van der Waals surface area (Å²) in [4.78, 5) is 4.39. The number of rotatable bonds is 10. The van der Waals surface area contributed by atoms with Gasteiger partial charge in [-0.3, -0.25) is 4.99 Å². The molecule has 0 aliphatic heterocycles. The Morgan fingerprint density at radius 2 is 1.79 bits per heavy atom. The van der Waals surface area contributed by atoms with Crippen LogP contribution >= 0.6 is 24.0 Å². The standard InChI is InChI=1S/C22H30FN3O2.HI/c1-3-24-22(25-14-13-19-11-7-8-12-21(19)23)26-15-20(27)16-28-17(2)18-9-5-4-6-10-18;/h4-12,17,20,27H,3,13-16H2,1-2H3,(H2,24,25,26);1H. The van der Waals surface area contributed by atoms with Gasteiger partial charge in [-0.25, -0.2) is 4.39 Å². The van der Waals surface area contributed by atoms with Crippen LogP contribution in [-0.2, 0) is 11.2 Å². The first-order valence-electron chi connectivity index (χ1n) is 9.70. The van der Waals surface area contributed by atoms with Gasteiger partial charge in [0, 0.05) is 13.1 Å². The molecule has 3 N–H and O–H groups in total. The van der Waals surface area contributed by atoms with Crippen molar-refractivity contribution in [3.8, 4) is 0 Å². The molecule has 0 amide bonds. The Hall–Kier alpha value is -1.71. The van der Waals surface area contributed by atoms with Crippen LogP contribution in [0.25, 0.3) is 0 Å². The van der Waals surface area contributed by atoms with Crippen LogP contribution in [0, 0.1) is 5.82 Å². The molecule has 29 heavy (non-hydrogen) atoms. The first-order chi connectivity index (χ1) is 13.6. The van der Waals surface area contributed by atoms with Crippen LogP contribution in [-0.4, -0.2) is 43.4 Å². The summed E-state index contributed by atoms with van der Waals surface area (Å²) in [5, 5.41) is 16.5. The van der Waals surface area contributed by atoms with Crippen molar-refractivity contribution >= 4 is 29.9 Å². The Kier molecular flexibility index (Phi) is 12.5. The predicted molar refractivity (Wildman–Crippen MR) is 126 cm³/mol. The fourth-order valence-electron chi connectivity index (χ4n) is 2.68. The highest BCUT2D eigenvalue weighted by atomic mass is 127. The Balaban J connectivity index is 0.00000420. The third-order valence-corrected chi connectivity index (χ3v) is 4.26. The van der Waals surface area contributed by atoms with Crippen molar-refractivity contribution in [2.75, 3.05) is 26.2 Å². The minimum absolute atomic E-state index is 0. The van der Waals surface area contributed by atoms with Gasteiger partial charge in [0.2, 0.25) is 0 Å². The number of hydrogen-bond donors (Lipinski definition) is 3. The molecule has 0 fully saturated rings. The molecule has 0 bridgehead atoms. The van der Waals surface area contributed by atoms with Crippen molar-refractivity contribution < 1.29 is 14.2 Å². The van der Waals surface area contributed by atoms with E-state index in [4.69, 9.17) is 4.74 Å². The zero-order valence-corrected chi connectivity index (χ0v) is 19.3. The van der Waals surface area contributed by atoms with E-state index in [-0.39, 0.29) is 49.0 Å². The first kappa shape index (κ1) is 25.3. The summed E-state index contributed by atoms with van der Waals surface area (Å²) in [7, 11) is 0. The second-order valence-corrected chi connectivity index (χ2v) is 6.53. The highest BCUT2D eigenvalue weighted by Gasteiger charge is 2.10. The van der Waals surface area contributed by atoms with Crippen LogP contribution < -0.4 is 10.6 Å². The van der Waals surface area contributed by atoms with Gasteiger partial charge in [0.1, 0.15) is 5.82 Å². The van der Waals surface area contributed by atoms with Crippen molar-refractivity contribution in [2.24, 2.45) is 4.99 Å². The molecule has 0 radical (unpaired) electrons. The van der Waals surface area contributed by atoms with Crippen LogP contribution in [0.5, 0.6) is 0 Å². The molecule has 0 aromatic heterocycles. The second-order valence-electron chi connectivity index (χ2n) is 6.53. The summed E-state index contributed by atoms with van der Waals surface area (Å²) in [5.74, 6) is 0.389.